The Balaban J connectivity index is 2.43. The molecule has 0 saturated heterocycles. The van der Waals surface area contributed by atoms with Crippen LogP contribution in [0.4, 0.5) is 11.4 Å². The molecule has 106 valence electrons. The van der Waals surface area contributed by atoms with E-state index in [0.29, 0.717) is 27.6 Å². The van der Waals surface area contributed by atoms with Gasteiger partial charge in [-0.15, -0.1) is 0 Å². The van der Waals surface area contributed by atoms with Crippen LogP contribution < -0.4 is 5.32 Å². The Hall–Kier alpha value is -2.80. The first-order chi connectivity index (χ1) is 10.2. The van der Waals surface area contributed by atoms with Gasteiger partial charge in [0.15, 0.2) is 5.65 Å². The predicted molar refractivity (Wildman–Crippen MR) is 79.3 cm³/mol. The third-order valence-corrected chi connectivity index (χ3v) is 3.16. The Morgan fingerprint density at radius 3 is 2.90 bits per heavy atom. The summed E-state index contributed by atoms with van der Waals surface area (Å²) in [5.74, 6) is 0. The van der Waals surface area contributed by atoms with E-state index in [0.717, 1.165) is 0 Å². The Bertz CT molecular complexity index is 835. The van der Waals surface area contributed by atoms with Gasteiger partial charge >= 0.3 is 0 Å². The number of nitro benzene ring substituents is 1. The van der Waals surface area contributed by atoms with Crippen molar-refractivity contribution in [1.29, 1.82) is 0 Å². The maximum absolute atomic E-state index is 11.3. The summed E-state index contributed by atoms with van der Waals surface area (Å²) in [4.78, 5) is 19.4. The van der Waals surface area contributed by atoms with Crippen molar-refractivity contribution in [2.24, 2.45) is 0 Å². The molecule has 0 aliphatic carbocycles. The van der Waals surface area contributed by atoms with Crippen molar-refractivity contribution in [2.75, 3.05) is 18.5 Å². The summed E-state index contributed by atoms with van der Waals surface area (Å²) in [7, 11) is 0. The molecule has 0 aliphatic rings. The van der Waals surface area contributed by atoms with E-state index in [4.69, 9.17) is 5.11 Å². The number of hydrogen-bond donors (Lipinski definition) is 2. The molecule has 21 heavy (non-hydrogen) atoms. The molecule has 0 amide bonds. The maximum Gasteiger partial charge on any atom is 0.280 e. The number of aromatic nitrogens is 2. The van der Waals surface area contributed by atoms with Crippen molar-refractivity contribution >= 4 is 33.3 Å². The van der Waals surface area contributed by atoms with E-state index in [1.54, 1.807) is 30.5 Å². The molecule has 3 rings (SSSR count). The van der Waals surface area contributed by atoms with Crippen LogP contribution in [0.2, 0.25) is 0 Å². The van der Waals surface area contributed by atoms with Crippen LogP contribution in [0.5, 0.6) is 0 Å². The van der Waals surface area contributed by atoms with Gasteiger partial charge in [-0.1, -0.05) is 6.07 Å². The van der Waals surface area contributed by atoms with Gasteiger partial charge in [0.2, 0.25) is 0 Å². The highest BCUT2D eigenvalue weighted by atomic mass is 16.6. The lowest BCUT2D eigenvalue weighted by Crippen LogP contribution is -2.08. The fraction of sp³-hybridized carbons (Fsp3) is 0.143. The number of nitrogens with one attached hydrogen (secondary N) is 1. The second kappa shape index (κ2) is 5.29. The van der Waals surface area contributed by atoms with Crippen molar-refractivity contribution in [3.63, 3.8) is 0 Å². The SMILES string of the molecule is O=[N+]([O-])c1cccc2nc3ncccc3c(NCCO)c12. The predicted octanol–water partition coefficient (Wildman–Crippen LogP) is 2.10. The minimum absolute atomic E-state index is 0.0220. The molecule has 3 aromatic rings. The molecule has 2 aromatic heterocycles. The summed E-state index contributed by atoms with van der Waals surface area (Å²) < 4.78 is 0. The maximum atomic E-state index is 11.3. The molecular weight excluding hydrogens is 272 g/mol. The fourth-order valence-corrected chi connectivity index (χ4v) is 2.32. The smallest absolute Gasteiger partial charge is 0.280 e. The summed E-state index contributed by atoms with van der Waals surface area (Å²) in [6.07, 6.45) is 1.62. The molecule has 2 heterocycles. The van der Waals surface area contributed by atoms with Crippen LogP contribution in [-0.4, -0.2) is 33.1 Å². The summed E-state index contributed by atoms with van der Waals surface area (Å²) in [5.41, 5.74) is 1.55. The Morgan fingerprint density at radius 2 is 2.14 bits per heavy atom. The van der Waals surface area contributed by atoms with Gasteiger partial charge in [0, 0.05) is 24.2 Å². The molecule has 7 heteroatoms. The lowest BCUT2D eigenvalue weighted by atomic mass is 10.1. The van der Waals surface area contributed by atoms with Crippen LogP contribution in [0.25, 0.3) is 21.9 Å². The second-order valence-corrected chi connectivity index (χ2v) is 4.44. The highest BCUT2D eigenvalue weighted by Crippen LogP contribution is 2.35. The van der Waals surface area contributed by atoms with Crippen molar-refractivity contribution in [2.45, 2.75) is 0 Å². The number of rotatable bonds is 4. The Labute approximate surface area is 119 Å². The van der Waals surface area contributed by atoms with Gasteiger partial charge in [-0.2, -0.15) is 0 Å². The van der Waals surface area contributed by atoms with E-state index in [1.807, 2.05) is 0 Å². The number of non-ortho nitro benzene ring substituents is 1. The van der Waals surface area contributed by atoms with Crippen LogP contribution >= 0.6 is 0 Å². The molecule has 1 aromatic carbocycles. The van der Waals surface area contributed by atoms with Gasteiger partial charge < -0.3 is 10.4 Å². The number of nitrogens with zero attached hydrogens (tertiary/aromatic N) is 3. The molecule has 2 N–H and O–H groups in total. The number of pyridine rings is 2. The van der Waals surface area contributed by atoms with E-state index in [9.17, 15) is 10.1 Å². The lowest BCUT2D eigenvalue weighted by molar-refractivity contribution is -0.383. The largest absolute Gasteiger partial charge is 0.395 e. The van der Waals surface area contributed by atoms with E-state index in [1.165, 1.54) is 6.07 Å². The molecule has 0 spiro atoms. The summed E-state index contributed by atoms with van der Waals surface area (Å²) in [5, 5.41) is 24.4. The van der Waals surface area contributed by atoms with Gasteiger partial charge in [-0.25, -0.2) is 9.97 Å². The first-order valence-electron chi connectivity index (χ1n) is 6.39. The van der Waals surface area contributed by atoms with Crippen molar-refractivity contribution in [1.82, 2.24) is 9.97 Å². The Kier molecular flexibility index (Phi) is 3.33. The monoisotopic (exact) mass is 284 g/mol. The fourth-order valence-electron chi connectivity index (χ4n) is 2.32. The molecule has 0 saturated carbocycles. The van der Waals surface area contributed by atoms with Crippen LogP contribution in [-0.2, 0) is 0 Å². The van der Waals surface area contributed by atoms with Gasteiger partial charge in [0.1, 0.15) is 5.39 Å². The average Bonchev–Trinajstić information content (AvgIpc) is 2.50. The molecule has 0 radical (unpaired) electrons. The number of aliphatic hydroxyl groups excluding tert-OH is 1. The van der Waals surface area contributed by atoms with E-state index >= 15 is 0 Å². The molecule has 0 fully saturated rings. The van der Waals surface area contributed by atoms with E-state index in [-0.39, 0.29) is 18.8 Å². The van der Waals surface area contributed by atoms with Gasteiger partial charge in [0.05, 0.1) is 22.7 Å². The first kappa shape index (κ1) is 13.2. The average molecular weight is 284 g/mol. The van der Waals surface area contributed by atoms with Crippen molar-refractivity contribution in [3.8, 4) is 0 Å². The lowest BCUT2D eigenvalue weighted by Gasteiger charge is -2.11. The van der Waals surface area contributed by atoms with E-state index in [2.05, 4.69) is 15.3 Å². The topological polar surface area (TPSA) is 101 Å². The molecule has 0 bridgehead atoms. The minimum Gasteiger partial charge on any atom is -0.395 e. The highest BCUT2D eigenvalue weighted by molar-refractivity contribution is 6.10. The third-order valence-electron chi connectivity index (χ3n) is 3.16. The number of fused-ring (bicyclic) bond motifs is 2. The number of aliphatic hydroxyl groups is 1. The zero-order chi connectivity index (χ0) is 14.8. The zero-order valence-electron chi connectivity index (χ0n) is 11.0. The van der Waals surface area contributed by atoms with Crippen LogP contribution in [0, 0.1) is 10.1 Å². The molecule has 0 unspecified atom stereocenters. The quantitative estimate of drug-likeness (QED) is 0.432. The second-order valence-electron chi connectivity index (χ2n) is 4.44. The molecular formula is C14H12N4O3. The number of nitro groups is 1. The van der Waals surface area contributed by atoms with Crippen LogP contribution in [0.3, 0.4) is 0 Å². The molecule has 0 atom stereocenters. The van der Waals surface area contributed by atoms with E-state index < -0.39 is 4.92 Å². The van der Waals surface area contributed by atoms with Crippen molar-refractivity contribution in [3.05, 3.63) is 46.6 Å². The van der Waals surface area contributed by atoms with Gasteiger partial charge in [-0.05, 0) is 18.2 Å². The van der Waals surface area contributed by atoms with Crippen molar-refractivity contribution < 1.29 is 10.0 Å². The third kappa shape index (κ3) is 2.23. The number of hydrogen-bond acceptors (Lipinski definition) is 6. The number of anilines is 1. The van der Waals surface area contributed by atoms with Crippen LogP contribution in [0.15, 0.2) is 36.5 Å². The Morgan fingerprint density at radius 1 is 1.29 bits per heavy atom. The van der Waals surface area contributed by atoms with Gasteiger partial charge in [-0.3, -0.25) is 10.1 Å². The van der Waals surface area contributed by atoms with Gasteiger partial charge in [0.25, 0.3) is 5.69 Å². The summed E-state index contributed by atoms with van der Waals surface area (Å²) in [6.45, 7) is 0.210. The molecule has 7 nitrogen and oxygen atoms in total. The zero-order valence-corrected chi connectivity index (χ0v) is 11.0. The summed E-state index contributed by atoms with van der Waals surface area (Å²) in [6, 6.07) is 8.29. The standard InChI is InChI=1S/C14H12N4O3/c19-8-7-15-13-9-3-2-6-16-14(9)17-10-4-1-5-11(12(10)13)18(20)21/h1-6,19H,7-8H2,(H,15,16,17). The minimum atomic E-state index is -0.434. The number of benzene rings is 1. The molecule has 0 aliphatic heterocycles. The summed E-state index contributed by atoms with van der Waals surface area (Å²) >= 11 is 0. The highest BCUT2D eigenvalue weighted by Gasteiger charge is 2.19. The first-order valence-corrected chi connectivity index (χ1v) is 6.39. The van der Waals surface area contributed by atoms with Crippen LogP contribution in [0.1, 0.15) is 0 Å². The normalized spacial score (nSPS) is 10.9.